The summed E-state index contributed by atoms with van der Waals surface area (Å²) in [4.78, 5) is 0. The van der Waals surface area contributed by atoms with Crippen LogP contribution in [0.3, 0.4) is 0 Å². The van der Waals surface area contributed by atoms with Crippen molar-refractivity contribution in [2.75, 3.05) is 13.3 Å². The van der Waals surface area contributed by atoms with Crippen LogP contribution in [0.25, 0.3) is 0 Å². The Morgan fingerprint density at radius 3 is 2.53 bits per heavy atom. The van der Waals surface area contributed by atoms with Crippen molar-refractivity contribution < 1.29 is 14.2 Å². The molecule has 0 saturated heterocycles. The van der Waals surface area contributed by atoms with Crippen LogP contribution in [0, 0.1) is 0 Å². The fraction of sp³-hybridized carbons (Fsp3) is 0.500. The molecule has 0 unspecified atom stereocenters. The summed E-state index contributed by atoms with van der Waals surface area (Å²) >= 11 is 0. The van der Waals surface area contributed by atoms with Gasteiger partial charge in [0.1, 0.15) is 5.75 Å². The molecule has 84 valence electrons. The summed E-state index contributed by atoms with van der Waals surface area (Å²) in [6, 6.07) is 7.26. The summed E-state index contributed by atoms with van der Waals surface area (Å²) in [7, 11) is 0. The van der Waals surface area contributed by atoms with Gasteiger partial charge in [0.05, 0.1) is 19.4 Å². The lowest BCUT2D eigenvalue weighted by Gasteiger charge is -2.09. The van der Waals surface area contributed by atoms with Crippen LogP contribution < -0.4 is 4.74 Å². The molecule has 0 aromatic heterocycles. The number of hydrogen-bond donors (Lipinski definition) is 1. The third-order valence-electron chi connectivity index (χ3n) is 2.20. The number of aliphatic hydroxyl groups excluding tert-OH is 1. The smallest absolute Gasteiger partial charge is 0.119 e. The molecule has 2 nitrogen and oxygen atoms in total. The lowest BCUT2D eigenvalue weighted by atomic mass is 10.1. The van der Waals surface area contributed by atoms with Crippen LogP contribution >= 0.6 is 0 Å². The second-order valence-electron chi connectivity index (χ2n) is 3.38. The van der Waals surface area contributed by atoms with Gasteiger partial charge < -0.3 is 9.84 Å². The molecule has 0 spiro atoms. The van der Waals surface area contributed by atoms with Gasteiger partial charge in [0, 0.05) is 6.42 Å². The van der Waals surface area contributed by atoms with E-state index in [4.69, 9.17) is 4.74 Å². The Hall–Kier alpha value is -1.09. The Morgan fingerprint density at radius 1 is 1.33 bits per heavy atom. The zero-order chi connectivity index (χ0) is 11.1. The maximum Gasteiger partial charge on any atom is 0.119 e. The summed E-state index contributed by atoms with van der Waals surface area (Å²) in [5.41, 5.74) is 0.885. The molecule has 0 saturated carbocycles. The van der Waals surface area contributed by atoms with Crippen molar-refractivity contribution in [3.8, 4) is 5.75 Å². The Balaban J connectivity index is 2.49. The summed E-state index contributed by atoms with van der Waals surface area (Å²) in [5, 5.41) is 9.54. The lowest BCUT2D eigenvalue weighted by Crippen LogP contribution is -1.99. The number of ether oxygens (including phenoxy) is 1. The topological polar surface area (TPSA) is 29.5 Å². The first-order chi connectivity index (χ1) is 7.27. The van der Waals surface area contributed by atoms with Crippen molar-refractivity contribution in [3.63, 3.8) is 0 Å². The average Bonchev–Trinajstić information content (AvgIpc) is 2.29. The van der Waals surface area contributed by atoms with E-state index in [0.29, 0.717) is 19.4 Å². The molecule has 1 aromatic carbocycles. The normalized spacial score (nSPS) is 12.5. The van der Waals surface area contributed by atoms with Gasteiger partial charge in [0.2, 0.25) is 0 Å². The first-order valence-corrected chi connectivity index (χ1v) is 5.24. The van der Waals surface area contributed by atoms with E-state index in [-0.39, 0.29) is 6.67 Å². The van der Waals surface area contributed by atoms with Crippen molar-refractivity contribution in [3.05, 3.63) is 29.8 Å². The van der Waals surface area contributed by atoms with Gasteiger partial charge in [-0.1, -0.05) is 19.1 Å². The van der Waals surface area contributed by atoms with E-state index in [0.717, 1.165) is 11.3 Å². The van der Waals surface area contributed by atoms with Crippen LogP contribution in [0.4, 0.5) is 4.39 Å². The van der Waals surface area contributed by atoms with Crippen LogP contribution in [-0.2, 0) is 0 Å². The molecule has 0 heterocycles. The molecule has 0 bridgehead atoms. The van der Waals surface area contributed by atoms with E-state index < -0.39 is 6.10 Å². The van der Waals surface area contributed by atoms with Gasteiger partial charge in [-0.15, -0.1) is 0 Å². The predicted molar refractivity (Wildman–Crippen MR) is 57.8 cm³/mol. The summed E-state index contributed by atoms with van der Waals surface area (Å²) in [6.45, 7) is 1.97. The van der Waals surface area contributed by atoms with E-state index in [1.54, 1.807) is 12.1 Å². The summed E-state index contributed by atoms with van der Waals surface area (Å²) < 4.78 is 17.1. The Morgan fingerprint density at radius 2 is 2.00 bits per heavy atom. The Labute approximate surface area is 89.7 Å². The zero-order valence-electron chi connectivity index (χ0n) is 8.95. The van der Waals surface area contributed by atoms with Crippen LogP contribution in [0.5, 0.6) is 5.75 Å². The maximum absolute atomic E-state index is 11.8. The van der Waals surface area contributed by atoms with Gasteiger partial charge in [-0.05, 0) is 24.1 Å². The third kappa shape index (κ3) is 3.88. The zero-order valence-corrected chi connectivity index (χ0v) is 8.95. The molecular formula is C12H17FO2. The van der Waals surface area contributed by atoms with Gasteiger partial charge in [-0.2, -0.15) is 0 Å². The van der Waals surface area contributed by atoms with Crippen molar-refractivity contribution in [1.29, 1.82) is 0 Å². The second kappa shape index (κ2) is 6.40. The molecule has 0 radical (unpaired) electrons. The van der Waals surface area contributed by atoms with Gasteiger partial charge in [-0.25, -0.2) is 0 Å². The molecule has 0 aliphatic rings. The molecule has 0 aliphatic heterocycles. The average molecular weight is 212 g/mol. The highest BCUT2D eigenvalue weighted by atomic mass is 19.1. The number of hydrogen-bond acceptors (Lipinski definition) is 2. The van der Waals surface area contributed by atoms with E-state index >= 15 is 0 Å². The van der Waals surface area contributed by atoms with E-state index in [2.05, 4.69) is 0 Å². The molecule has 0 fully saturated rings. The van der Waals surface area contributed by atoms with E-state index in [1.807, 2.05) is 19.1 Å². The standard InChI is InChI=1S/C12H17FO2/c1-2-12(14)10-4-6-11(7-5-10)15-9-3-8-13/h4-7,12,14H,2-3,8-9H2,1H3/t12-/m1/s1. The number of alkyl halides is 1. The van der Waals surface area contributed by atoms with Crippen molar-refractivity contribution in [2.45, 2.75) is 25.9 Å². The van der Waals surface area contributed by atoms with Crippen LogP contribution in [0.1, 0.15) is 31.4 Å². The highest BCUT2D eigenvalue weighted by Crippen LogP contribution is 2.19. The van der Waals surface area contributed by atoms with Crippen molar-refractivity contribution in [1.82, 2.24) is 0 Å². The minimum absolute atomic E-state index is 0.355. The van der Waals surface area contributed by atoms with E-state index in [1.165, 1.54) is 0 Å². The van der Waals surface area contributed by atoms with Crippen molar-refractivity contribution >= 4 is 0 Å². The summed E-state index contributed by atoms with van der Waals surface area (Å²) in [5.74, 6) is 0.718. The largest absolute Gasteiger partial charge is 0.494 e. The highest BCUT2D eigenvalue weighted by Gasteiger charge is 2.03. The van der Waals surface area contributed by atoms with Gasteiger partial charge in [-0.3, -0.25) is 4.39 Å². The van der Waals surface area contributed by atoms with Crippen LogP contribution in [-0.4, -0.2) is 18.4 Å². The first kappa shape index (κ1) is 12.0. The number of aliphatic hydroxyl groups is 1. The fourth-order valence-electron chi connectivity index (χ4n) is 1.27. The fourth-order valence-corrected chi connectivity index (χ4v) is 1.27. The number of halogens is 1. The molecule has 1 atom stereocenters. The minimum Gasteiger partial charge on any atom is -0.494 e. The van der Waals surface area contributed by atoms with Gasteiger partial charge in [0.25, 0.3) is 0 Å². The molecule has 0 aliphatic carbocycles. The molecule has 3 heteroatoms. The van der Waals surface area contributed by atoms with Crippen LogP contribution in [0.2, 0.25) is 0 Å². The highest BCUT2D eigenvalue weighted by molar-refractivity contribution is 5.28. The maximum atomic E-state index is 11.8. The minimum atomic E-state index is -0.412. The van der Waals surface area contributed by atoms with Gasteiger partial charge >= 0.3 is 0 Å². The lowest BCUT2D eigenvalue weighted by molar-refractivity contribution is 0.173. The molecular weight excluding hydrogens is 195 g/mol. The molecule has 1 aromatic rings. The Kier molecular flexibility index (Phi) is 5.12. The second-order valence-corrected chi connectivity index (χ2v) is 3.38. The molecule has 0 amide bonds. The first-order valence-electron chi connectivity index (χ1n) is 5.24. The quantitative estimate of drug-likeness (QED) is 0.735. The van der Waals surface area contributed by atoms with Crippen molar-refractivity contribution in [2.24, 2.45) is 0 Å². The molecule has 15 heavy (non-hydrogen) atoms. The number of benzene rings is 1. The molecule has 1 rings (SSSR count). The number of rotatable bonds is 6. The third-order valence-corrected chi connectivity index (χ3v) is 2.20. The Bertz CT molecular complexity index is 271. The molecule has 1 N–H and O–H groups in total. The predicted octanol–water partition coefficient (Wildman–Crippen LogP) is 2.87. The summed E-state index contributed by atoms with van der Waals surface area (Å²) in [6.07, 6.45) is 0.700. The van der Waals surface area contributed by atoms with Gasteiger partial charge in [0.15, 0.2) is 0 Å². The SMILES string of the molecule is CC[C@@H](O)c1ccc(OCCCF)cc1. The van der Waals surface area contributed by atoms with E-state index in [9.17, 15) is 9.50 Å². The monoisotopic (exact) mass is 212 g/mol. The van der Waals surface area contributed by atoms with Crippen LogP contribution in [0.15, 0.2) is 24.3 Å².